The van der Waals surface area contributed by atoms with E-state index >= 15 is 0 Å². The van der Waals surface area contributed by atoms with Crippen LogP contribution in [0.5, 0.6) is 11.5 Å². The summed E-state index contributed by atoms with van der Waals surface area (Å²) in [7, 11) is 1.54. The van der Waals surface area contributed by atoms with Crippen LogP contribution in [0, 0.1) is 13.8 Å². The minimum atomic E-state index is -0.188. The van der Waals surface area contributed by atoms with E-state index in [1.54, 1.807) is 12.1 Å². The molecule has 0 aliphatic rings. The van der Waals surface area contributed by atoms with Crippen LogP contribution in [-0.4, -0.2) is 32.1 Å². The molecule has 2 N–H and O–H groups in total. The number of aryl methyl sites for hydroxylation is 2. The van der Waals surface area contributed by atoms with Crippen molar-refractivity contribution in [1.29, 1.82) is 0 Å². The van der Waals surface area contributed by atoms with Crippen molar-refractivity contribution in [3.8, 4) is 11.5 Å². The summed E-state index contributed by atoms with van der Waals surface area (Å²) in [5.74, 6) is 0.719. The van der Waals surface area contributed by atoms with Gasteiger partial charge in [0.2, 0.25) is 0 Å². The molecule has 0 saturated heterocycles. The van der Waals surface area contributed by atoms with Crippen molar-refractivity contribution in [3.05, 3.63) is 45.1 Å². The van der Waals surface area contributed by atoms with Gasteiger partial charge in [0.25, 0.3) is 11.8 Å². The third-order valence-electron chi connectivity index (χ3n) is 3.80. The normalized spacial score (nSPS) is 10.3. The number of amides is 2. The van der Waals surface area contributed by atoms with Crippen LogP contribution in [-0.2, 0) is 11.3 Å². The number of rotatable bonds is 8. The molecule has 1 heterocycles. The summed E-state index contributed by atoms with van der Waals surface area (Å²) in [5, 5.41) is 5.57. The molecule has 6 nitrogen and oxygen atoms in total. The third kappa shape index (κ3) is 5.23. The van der Waals surface area contributed by atoms with E-state index in [-0.39, 0.29) is 18.4 Å². The molecule has 0 saturated carbocycles. The van der Waals surface area contributed by atoms with Gasteiger partial charge in [0.1, 0.15) is 0 Å². The van der Waals surface area contributed by atoms with Gasteiger partial charge in [0.05, 0.1) is 12.0 Å². The first-order chi connectivity index (χ1) is 12.4. The molecule has 2 aromatic rings. The summed E-state index contributed by atoms with van der Waals surface area (Å²) in [6.45, 7) is 6.70. The molecule has 0 atom stereocenters. The average Bonchev–Trinajstić information content (AvgIpc) is 2.97. The summed E-state index contributed by atoms with van der Waals surface area (Å²) in [6, 6.07) is 7.26. The highest BCUT2D eigenvalue weighted by atomic mass is 32.1. The second kappa shape index (κ2) is 9.24. The summed E-state index contributed by atoms with van der Waals surface area (Å²) in [4.78, 5) is 25.6. The van der Waals surface area contributed by atoms with Crippen molar-refractivity contribution in [3.63, 3.8) is 0 Å². The average molecular weight is 376 g/mol. The summed E-state index contributed by atoms with van der Waals surface area (Å²) in [5.41, 5.74) is 2.00. The second-order valence-corrected chi connectivity index (χ2v) is 7.02. The molecular weight excluding hydrogens is 352 g/mol. The van der Waals surface area contributed by atoms with Gasteiger partial charge >= 0.3 is 0 Å². The third-order valence-corrected chi connectivity index (χ3v) is 4.95. The number of carbonyl (C=O) groups is 2. The summed E-state index contributed by atoms with van der Waals surface area (Å²) >= 11 is 1.49. The second-order valence-electron chi connectivity index (χ2n) is 5.76. The van der Waals surface area contributed by atoms with E-state index in [4.69, 9.17) is 9.47 Å². The lowest BCUT2D eigenvalue weighted by Gasteiger charge is -2.12. The molecule has 26 heavy (non-hydrogen) atoms. The van der Waals surface area contributed by atoms with E-state index in [0.29, 0.717) is 29.5 Å². The monoisotopic (exact) mass is 376 g/mol. The fourth-order valence-electron chi connectivity index (χ4n) is 2.29. The Labute approximate surface area is 157 Å². The van der Waals surface area contributed by atoms with Crippen LogP contribution in [0.25, 0.3) is 0 Å². The number of thiophene rings is 1. The SMILES string of the molecule is CCNC(=O)COc1ccc(CNC(=O)c2cc(C)c(C)s2)cc1OC. The highest BCUT2D eigenvalue weighted by molar-refractivity contribution is 7.14. The molecule has 7 heteroatoms. The number of hydrogen-bond acceptors (Lipinski definition) is 5. The molecular formula is C19H24N2O4S. The summed E-state index contributed by atoms with van der Waals surface area (Å²) < 4.78 is 10.8. The highest BCUT2D eigenvalue weighted by Crippen LogP contribution is 2.28. The number of carbonyl (C=O) groups excluding carboxylic acids is 2. The molecule has 0 aliphatic heterocycles. The van der Waals surface area contributed by atoms with Crippen LogP contribution >= 0.6 is 11.3 Å². The number of ether oxygens (including phenoxy) is 2. The van der Waals surface area contributed by atoms with Crippen LogP contribution in [0.15, 0.2) is 24.3 Å². The Hall–Kier alpha value is -2.54. The molecule has 140 valence electrons. The molecule has 0 radical (unpaired) electrons. The first-order valence-electron chi connectivity index (χ1n) is 8.36. The Kier molecular flexibility index (Phi) is 7.03. The predicted octanol–water partition coefficient (Wildman–Crippen LogP) is 2.82. The fraction of sp³-hybridized carbons (Fsp3) is 0.368. The van der Waals surface area contributed by atoms with E-state index in [1.165, 1.54) is 18.4 Å². The van der Waals surface area contributed by atoms with E-state index in [9.17, 15) is 9.59 Å². The van der Waals surface area contributed by atoms with Gasteiger partial charge in [-0.1, -0.05) is 6.07 Å². The lowest BCUT2D eigenvalue weighted by molar-refractivity contribution is -0.123. The maximum Gasteiger partial charge on any atom is 0.261 e. The fourth-order valence-corrected chi connectivity index (χ4v) is 3.24. The molecule has 2 amide bonds. The predicted molar refractivity (Wildman–Crippen MR) is 102 cm³/mol. The van der Waals surface area contributed by atoms with Crippen molar-refractivity contribution in [2.75, 3.05) is 20.3 Å². The number of nitrogens with one attached hydrogen (secondary N) is 2. The number of benzene rings is 1. The maximum atomic E-state index is 12.2. The first-order valence-corrected chi connectivity index (χ1v) is 9.17. The van der Waals surface area contributed by atoms with Crippen molar-refractivity contribution >= 4 is 23.2 Å². The Morgan fingerprint density at radius 3 is 2.50 bits per heavy atom. The van der Waals surface area contributed by atoms with Crippen LogP contribution in [0.3, 0.4) is 0 Å². The zero-order chi connectivity index (χ0) is 19.1. The van der Waals surface area contributed by atoms with E-state index in [2.05, 4.69) is 10.6 Å². The number of methoxy groups -OCH3 is 1. The number of likely N-dealkylation sites (N-methyl/N-ethyl adjacent to an activating group) is 1. The van der Waals surface area contributed by atoms with Crippen LogP contribution in [0.4, 0.5) is 0 Å². The van der Waals surface area contributed by atoms with Crippen LogP contribution in [0.1, 0.15) is 32.6 Å². The summed E-state index contributed by atoms with van der Waals surface area (Å²) in [6.07, 6.45) is 0. The van der Waals surface area contributed by atoms with Gasteiger partial charge in [0, 0.05) is 18.0 Å². The highest BCUT2D eigenvalue weighted by Gasteiger charge is 2.12. The first kappa shape index (κ1) is 19.8. The molecule has 1 aromatic heterocycles. The lowest BCUT2D eigenvalue weighted by Crippen LogP contribution is -2.28. The van der Waals surface area contributed by atoms with Gasteiger partial charge in [-0.15, -0.1) is 11.3 Å². The Balaban J connectivity index is 1.97. The zero-order valence-electron chi connectivity index (χ0n) is 15.5. The Morgan fingerprint density at radius 1 is 1.12 bits per heavy atom. The molecule has 2 rings (SSSR count). The molecule has 0 spiro atoms. The standard InChI is InChI=1S/C19H24N2O4S/c1-5-20-18(22)11-25-15-7-6-14(9-16(15)24-4)10-21-19(23)17-8-12(2)13(3)26-17/h6-9H,5,10-11H2,1-4H3,(H,20,22)(H,21,23). The lowest BCUT2D eigenvalue weighted by atomic mass is 10.2. The van der Waals surface area contributed by atoms with Gasteiger partial charge in [-0.05, 0) is 50.1 Å². The van der Waals surface area contributed by atoms with E-state index in [0.717, 1.165) is 16.0 Å². The van der Waals surface area contributed by atoms with Crippen molar-refractivity contribution in [1.82, 2.24) is 10.6 Å². The van der Waals surface area contributed by atoms with Gasteiger partial charge in [0.15, 0.2) is 18.1 Å². The Morgan fingerprint density at radius 2 is 1.88 bits per heavy atom. The Bertz CT molecular complexity index is 766. The van der Waals surface area contributed by atoms with Crippen molar-refractivity contribution < 1.29 is 19.1 Å². The van der Waals surface area contributed by atoms with Gasteiger partial charge in [-0.2, -0.15) is 0 Å². The maximum absolute atomic E-state index is 12.2. The van der Waals surface area contributed by atoms with E-state index < -0.39 is 0 Å². The van der Waals surface area contributed by atoms with E-state index in [1.807, 2.05) is 32.9 Å². The quantitative estimate of drug-likeness (QED) is 0.743. The van der Waals surface area contributed by atoms with Gasteiger partial charge in [-0.3, -0.25) is 9.59 Å². The zero-order valence-corrected chi connectivity index (χ0v) is 16.3. The smallest absolute Gasteiger partial charge is 0.261 e. The van der Waals surface area contributed by atoms with Crippen molar-refractivity contribution in [2.24, 2.45) is 0 Å². The molecule has 0 fully saturated rings. The molecule has 0 bridgehead atoms. The van der Waals surface area contributed by atoms with Gasteiger partial charge < -0.3 is 20.1 Å². The van der Waals surface area contributed by atoms with Crippen LogP contribution in [0.2, 0.25) is 0 Å². The largest absolute Gasteiger partial charge is 0.493 e. The topological polar surface area (TPSA) is 76.7 Å². The van der Waals surface area contributed by atoms with Crippen molar-refractivity contribution in [2.45, 2.75) is 27.3 Å². The minimum Gasteiger partial charge on any atom is -0.493 e. The minimum absolute atomic E-state index is 0.0721. The molecule has 0 unspecified atom stereocenters. The van der Waals surface area contributed by atoms with Crippen LogP contribution < -0.4 is 20.1 Å². The van der Waals surface area contributed by atoms with Gasteiger partial charge in [-0.25, -0.2) is 0 Å². The molecule has 1 aromatic carbocycles. The molecule has 0 aliphatic carbocycles. The number of hydrogen-bond donors (Lipinski definition) is 2.